The number of aromatic nitrogens is 1. The first-order chi connectivity index (χ1) is 8.63. The van der Waals surface area contributed by atoms with Gasteiger partial charge in [0.25, 0.3) is 0 Å². The van der Waals surface area contributed by atoms with Crippen molar-refractivity contribution in [1.29, 1.82) is 5.26 Å². The van der Waals surface area contributed by atoms with E-state index >= 15 is 0 Å². The molecular formula is C14H19N3O. The molecule has 4 heteroatoms. The third-order valence-corrected chi connectivity index (χ3v) is 3.54. The van der Waals surface area contributed by atoms with Gasteiger partial charge >= 0.3 is 0 Å². The maximum absolute atomic E-state index is 10.3. The van der Waals surface area contributed by atoms with Crippen molar-refractivity contribution in [2.75, 3.05) is 13.6 Å². The molecule has 1 aromatic rings. The van der Waals surface area contributed by atoms with Crippen LogP contribution in [0.1, 0.15) is 36.9 Å². The smallest absolute Gasteiger partial charge is 0.144 e. The van der Waals surface area contributed by atoms with Crippen LogP contribution in [0.25, 0.3) is 0 Å². The first kappa shape index (κ1) is 13.0. The molecule has 1 fully saturated rings. The number of likely N-dealkylation sites (N-methyl/N-ethyl adjacent to an activating group) is 1. The van der Waals surface area contributed by atoms with Gasteiger partial charge in [-0.15, -0.1) is 0 Å². The van der Waals surface area contributed by atoms with E-state index in [0.717, 1.165) is 31.2 Å². The summed E-state index contributed by atoms with van der Waals surface area (Å²) in [5, 5.41) is 19.3. The molecule has 18 heavy (non-hydrogen) atoms. The molecule has 0 unspecified atom stereocenters. The average molecular weight is 245 g/mol. The summed E-state index contributed by atoms with van der Waals surface area (Å²) in [6.07, 6.45) is 5.62. The van der Waals surface area contributed by atoms with E-state index in [-0.39, 0.29) is 0 Å². The van der Waals surface area contributed by atoms with Gasteiger partial charge in [0.2, 0.25) is 0 Å². The quantitative estimate of drug-likeness (QED) is 0.877. The predicted octanol–water partition coefficient (Wildman–Crippen LogP) is 1.69. The van der Waals surface area contributed by atoms with Crippen LogP contribution in [0.3, 0.4) is 0 Å². The number of rotatable bonds is 4. The van der Waals surface area contributed by atoms with Crippen LogP contribution in [0.4, 0.5) is 0 Å². The Hall–Kier alpha value is -1.44. The summed E-state index contributed by atoms with van der Waals surface area (Å²) < 4.78 is 0. The molecule has 0 spiro atoms. The van der Waals surface area contributed by atoms with E-state index in [2.05, 4.69) is 16.0 Å². The Bertz CT molecular complexity index is 447. The lowest BCUT2D eigenvalue weighted by Gasteiger charge is -2.28. The van der Waals surface area contributed by atoms with Gasteiger partial charge in [-0.25, -0.2) is 4.98 Å². The second-order valence-corrected chi connectivity index (χ2v) is 5.23. The molecular weight excluding hydrogens is 226 g/mol. The minimum atomic E-state index is -0.538. The van der Waals surface area contributed by atoms with Crippen LogP contribution in [-0.4, -0.2) is 34.2 Å². The van der Waals surface area contributed by atoms with Crippen molar-refractivity contribution in [1.82, 2.24) is 9.88 Å². The Morgan fingerprint density at radius 2 is 2.22 bits per heavy atom. The summed E-state index contributed by atoms with van der Waals surface area (Å²) in [5.41, 5.74) is 0.857. The Balaban J connectivity index is 1.99. The minimum Gasteiger partial charge on any atom is -0.389 e. The molecule has 0 bridgehead atoms. The molecule has 1 heterocycles. The molecule has 0 saturated heterocycles. The molecule has 1 aromatic heterocycles. The zero-order chi connectivity index (χ0) is 13.0. The van der Waals surface area contributed by atoms with E-state index in [1.54, 1.807) is 6.20 Å². The van der Waals surface area contributed by atoms with Gasteiger partial charge in [0, 0.05) is 24.8 Å². The standard InChI is InChI=1S/C14H19N3O/c1-17(11-14(18)6-2-3-7-14)10-12-5-4-8-16-13(12)9-15/h4-5,8,18H,2-3,6-7,10-11H2,1H3. The summed E-state index contributed by atoms with van der Waals surface area (Å²) in [5.74, 6) is 0. The lowest BCUT2D eigenvalue weighted by molar-refractivity contribution is 0.0145. The Labute approximate surface area is 108 Å². The zero-order valence-electron chi connectivity index (χ0n) is 10.8. The molecule has 0 radical (unpaired) electrons. The third kappa shape index (κ3) is 3.06. The number of nitriles is 1. The Morgan fingerprint density at radius 3 is 2.89 bits per heavy atom. The first-order valence-electron chi connectivity index (χ1n) is 6.38. The number of nitrogens with zero attached hydrogens (tertiary/aromatic N) is 3. The van der Waals surface area contributed by atoms with E-state index < -0.39 is 5.60 Å². The van der Waals surface area contributed by atoms with Gasteiger partial charge in [0.05, 0.1) is 5.60 Å². The predicted molar refractivity (Wildman–Crippen MR) is 68.7 cm³/mol. The van der Waals surface area contributed by atoms with Crippen molar-refractivity contribution in [3.63, 3.8) is 0 Å². The molecule has 0 atom stereocenters. The monoisotopic (exact) mass is 245 g/mol. The normalized spacial score (nSPS) is 17.9. The number of hydrogen-bond donors (Lipinski definition) is 1. The molecule has 4 nitrogen and oxygen atoms in total. The van der Waals surface area contributed by atoms with Crippen LogP contribution < -0.4 is 0 Å². The van der Waals surface area contributed by atoms with Crippen LogP contribution in [0.2, 0.25) is 0 Å². The van der Waals surface area contributed by atoms with Crippen LogP contribution in [0.15, 0.2) is 18.3 Å². The van der Waals surface area contributed by atoms with Gasteiger partial charge in [-0.3, -0.25) is 4.90 Å². The lowest BCUT2D eigenvalue weighted by atomic mass is 10.0. The molecule has 0 amide bonds. The average Bonchev–Trinajstić information content (AvgIpc) is 2.76. The molecule has 1 aliphatic rings. The van der Waals surface area contributed by atoms with Gasteiger partial charge in [0.1, 0.15) is 11.8 Å². The van der Waals surface area contributed by atoms with Gasteiger partial charge in [0.15, 0.2) is 0 Å². The van der Waals surface area contributed by atoms with Crippen LogP contribution >= 0.6 is 0 Å². The van der Waals surface area contributed by atoms with Gasteiger partial charge in [-0.2, -0.15) is 5.26 Å². The van der Waals surface area contributed by atoms with Crippen molar-refractivity contribution >= 4 is 0 Å². The second-order valence-electron chi connectivity index (χ2n) is 5.23. The molecule has 1 saturated carbocycles. The SMILES string of the molecule is CN(Cc1cccnc1C#N)CC1(O)CCCC1. The fourth-order valence-electron chi connectivity index (χ4n) is 2.71. The molecule has 96 valence electrons. The Kier molecular flexibility index (Phi) is 3.95. The highest BCUT2D eigenvalue weighted by Gasteiger charge is 2.32. The maximum atomic E-state index is 10.3. The van der Waals surface area contributed by atoms with E-state index in [9.17, 15) is 5.11 Å². The molecule has 1 N–H and O–H groups in total. The highest BCUT2D eigenvalue weighted by Crippen LogP contribution is 2.30. The topological polar surface area (TPSA) is 60.2 Å². The van der Waals surface area contributed by atoms with Crippen molar-refractivity contribution in [3.8, 4) is 6.07 Å². The number of pyridine rings is 1. The highest BCUT2D eigenvalue weighted by molar-refractivity contribution is 5.30. The molecule has 0 aliphatic heterocycles. The van der Waals surface area contributed by atoms with Gasteiger partial charge in [-0.1, -0.05) is 18.9 Å². The van der Waals surface area contributed by atoms with E-state index in [1.807, 2.05) is 19.2 Å². The molecule has 1 aliphatic carbocycles. The summed E-state index contributed by atoms with van der Waals surface area (Å²) >= 11 is 0. The maximum Gasteiger partial charge on any atom is 0.144 e. The second kappa shape index (κ2) is 5.47. The largest absolute Gasteiger partial charge is 0.389 e. The fraction of sp³-hybridized carbons (Fsp3) is 0.571. The number of hydrogen-bond acceptors (Lipinski definition) is 4. The summed E-state index contributed by atoms with van der Waals surface area (Å²) in [6.45, 7) is 1.31. The van der Waals surface area contributed by atoms with Crippen LogP contribution in [0, 0.1) is 11.3 Å². The van der Waals surface area contributed by atoms with Crippen molar-refractivity contribution < 1.29 is 5.11 Å². The van der Waals surface area contributed by atoms with Crippen LogP contribution in [-0.2, 0) is 6.54 Å². The zero-order valence-corrected chi connectivity index (χ0v) is 10.8. The lowest BCUT2D eigenvalue weighted by Crippen LogP contribution is -2.38. The molecule has 2 rings (SSSR count). The van der Waals surface area contributed by atoms with Crippen molar-refractivity contribution in [3.05, 3.63) is 29.6 Å². The van der Waals surface area contributed by atoms with Gasteiger partial charge < -0.3 is 5.11 Å². The van der Waals surface area contributed by atoms with Crippen molar-refractivity contribution in [2.24, 2.45) is 0 Å². The van der Waals surface area contributed by atoms with E-state index in [1.165, 1.54) is 0 Å². The van der Waals surface area contributed by atoms with E-state index in [0.29, 0.717) is 18.8 Å². The van der Waals surface area contributed by atoms with Crippen molar-refractivity contribution in [2.45, 2.75) is 37.8 Å². The Morgan fingerprint density at radius 1 is 1.50 bits per heavy atom. The minimum absolute atomic E-state index is 0.475. The van der Waals surface area contributed by atoms with Gasteiger partial charge in [-0.05, 0) is 26.0 Å². The van der Waals surface area contributed by atoms with E-state index in [4.69, 9.17) is 5.26 Å². The third-order valence-electron chi connectivity index (χ3n) is 3.54. The summed E-state index contributed by atoms with van der Waals surface area (Å²) in [6, 6.07) is 5.86. The summed E-state index contributed by atoms with van der Waals surface area (Å²) in [7, 11) is 1.98. The van der Waals surface area contributed by atoms with Crippen LogP contribution in [0.5, 0.6) is 0 Å². The molecule has 0 aromatic carbocycles. The first-order valence-corrected chi connectivity index (χ1v) is 6.38. The highest BCUT2D eigenvalue weighted by atomic mass is 16.3. The number of aliphatic hydroxyl groups is 1. The summed E-state index contributed by atoms with van der Waals surface area (Å²) in [4.78, 5) is 6.12. The fourth-order valence-corrected chi connectivity index (χ4v) is 2.71.